The molecule has 1 aliphatic rings. The van der Waals surface area contributed by atoms with Gasteiger partial charge in [-0.2, -0.15) is 0 Å². The van der Waals surface area contributed by atoms with Gasteiger partial charge in [-0.3, -0.25) is 9.78 Å². The first-order valence-electron chi connectivity index (χ1n) is 8.63. The van der Waals surface area contributed by atoms with Crippen molar-refractivity contribution in [1.29, 1.82) is 0 Å². The van der Waals surface area contributed by atoms with E-state index in [9.17, 15) is 9.18 Å². The zero-order valence-electron chi connectivity index (χ0n) is 13.8. The van der Waals surface area contributed by atoms with Crippen LogP contribution in [0.5, 0.6) is 0 Å². The average Bonchev–Trinajstić information content (AvgIpc) is 2.63. The number of piperidine rings is 1. The molecule has 0 saturated carbocycles. The van der Waals surface area contributed by atoms with Crippen molar-refractivity contribution in [2.24, 2.45) is 5.92 Å². The van der Waals surface area contributed by atoms with Gasteiger partial charge in [-0.15, -0.1) is 0 Å². The molecule has 1 aromatic heterocycles. The highest BCUT2D eigenvalue weighted by Gasteiger charge is 2.22. The van der Waals surface area contributed by atoms with Crippen LogP contribution in [0.15, 0.2) is 48.7 Å². The second-order valence-corrected chi connectivity index (χ2v) is 6.48. The zero-order chi connectivity index (χ0) is 16.8. The van der Waals surface area contributed by atoms with E-state index in [1.54, 1.807) is 6.20 Å². The molecule has 0 atom stereocenters. The molecule has 126 valence electrons. The van der Waals surface area contributed by atoms with Crippen molar-refractivity contribution >= 4 is 5.91 Å². The number of carbonyl (C=O) groups is 1. The predicted molar refractivity (Wildman–Crippen MR) is 92.0 cm³/mol. The number of carbonyl (C=O) groups excluding carboxylic acids is 1. The molecule has 3 rings (SSSR count). The highest BCUT2D eigenvalue weighted by Crippen LogP contribution is 2.22. The van der Waals surface area contributed by atoms with E-state index in [1.807, 2.05) is 35.2 Å². The molecule has 1 amide bonds. The van der Waals surface area contributed by atoms with Crippen LogP contribution in [0.25, 0.3) is 0 Å². The van der Waals surface area contributed by atoms with Crippen molar-refractivity contribution in [3.63, 3.8) is 0 Å². The molecule has 4 heteroatoms. The van der Waals surface area contributed by atoms with Gasteiger partial charge in [-0.25, -0.2) is 4.39 Å². The maximum atomic E-state index is 13.0. The van der Waals surface area contributed by atoms with E-state index in [2.05, 4.69) is 4.98 Å². The Balaban J connectivity index is 1.42. The molecular weight excluding hydrogens is 303 g/mol. The lowest BCUT2D eigenvalue weighted by Gasteiger charge is -2.32. The predicted octanol–water partition coefficient (Wildman–Crippen LogP) is 3.63. The van der Waals surface area contributed by atoms with Gasteiger partial charge >= 0.3 is 0 Å². The van der Waals surface area contributed by atoms with Gasteiger partial charge in [0.15, 0.2) is 0 Å². The molecule has 0 N–H and O–H groups in total. The normalized spacial score (nSPS) is 15.5. The highest BCUT2D eigenvalue weighted by molar-refractivity contribution is 5.76. The number of nitrogens with zero attached hydrogens (tertiary/aromatic N) is 2. The smallest absolute Gasteiger partial charge is 0.222 e. The van der Waals surface area contributed by atoms with Gasteiger partial charge in [0, 0.05) is 31.4 Å². The van der Waals surface area contributed by atoms with Gasteiger partial charge in [0.05, 0.1) is 0 Å². The molecular formula is C20H23FN2O. The van der Waals surface area contributed by atoms with E-state index in [-0.39, 0.29) is 11.7 Å². The first kappa shape index (κ1) is 16.6. The van der Waals surface area contributed by atoms with Crippen LogP contribution in [0.4, 0.5) is 4.39 Å². The summed E-state index contributed by atoms with van der Waals surface area (Å²) in [6.07, 6.45) is 6.01. The molecule has 1 aliphatic heterocycles. The summed E-state index contributed by atoms with van der Waals surface area (Å²) in [5.41, 5.74) is 2.15. The van der Waals surface area contributed by atoms with Crippen LogP contribution in [0.1, 0.15) is 30.5 Å². The monoisotopic (exact) mass is 326 g/mol. The molecule has 1 fully saturated rings. The molecule has 0 radical (unpaired) electrons. The van der Waals surface area contributed by atoms with E-state index in [1.165, 1.54) is 17.7 Å². The maximum Gasteiger partial charge on any atom is 0.222 e. The van der Waals surface area contributed by atoms with Crippen molar-refractivity contribution in [3.8, 4) is 0 Å². The van der Waals surface area contributed by atoms with Gasteiger partial charge in [0.25, 0.3) is 0 Å². The zero-order valence-corrected chi connectivity index (χ0v) is 13.8. The number of rotatable bonds is 5. The van der Waals surface area contributed by atoms with Crippen LogP contribution in [-0.4, -0.2) is 28.9 Å². The molecule has 3 nitrogen and oxygen atoms in total. The average molecular weight is 326 g/mol. The molecule has 24 heavy (non-hydrogen) atoms. The van der Waals surface area contributed by atoms with E-state index >= 15 is 0 Å². The van der Waals surface area contributed by atoms with Gasteiger partial charge in [-0.05, 0) is 61.4 Å². The number of pyridine rings is 1. The van der Waals surface area contributed by atoms with Crippen LogP contribution in [0.3, 0.4) is 0 Å². The fraction of sp³-hybridized carbons (Fsp3) is 0.400. The number of hydrogen-bond donors (Lipinski definition) is 0. The van der Waals surface area contributed by atoms with Crippen molar-refractivity contribution < 1.29 is 9.18 Å². The summed E-state index contributed by atoms with van der Waals surface area (Å²) in [5, 5.41) is 0. The number of halogens is 1. The Hall–Kier alpha value is -2.23. The number of benzene rings is 1. The van der Waals surface area contributed by atoms with Crippen LogP contribution >= 0.6 is 0 Å². The minimum Gasteiger partial charge on any atom is -0.343 e. The molecule has 0 spiro atoms. The molecule has 0 unspecified atom stereocenters. The summed E-state index contributed by atoms with van der Waals surface area (Å²) in [6.45, 7) is 1.65. The molecule has 1 saturated heterocycles. The molecule has 1 aromatic carbocycles. The SMILES string of the molecule is O=C(CCc1ccccn1)N1CCC(Cc2ccc(F)cc2)CC1. The van der Waals surface area contributed by atoms with E-state index in [0.29, 0.717) is 18.8 Å². The van der Waals surface area contributed by atoms with Crippen LogP contribution < -0.4 is 0 Å². The Morgan fingerprint density at radius 2 is 1.88 bits per heavy atom. The number of likely N-dealkylation sites (tertiary alicyclic amines) is 1. The Morgan fingerprint density at radius 3 is 2.54 bits per heavy atom. The van der Waals surface area contributed by atoms with Crippen molar-refractivity contribution in [2.75, 3.05) is 13.1 Å². The topological polar surface area (TPSA) is 33.2 Å². The van der Waals surface area contributed by atoms with Gasteiger partial charge in [-0.1, -0.05) is 18.2 Å². The number of hydrogen-bond acceptors (Lipinski definition) is 2. The van der Waals surface area contributed by atoms with Crippen molar-refractivity contribution in [3.05, 3.63) is 65.7 Å². The number of aromatic nitrogens is 1. The van der Waals surface area contributed by atoms with Gasteiger partial charge < -0.3 is 4.90 Å². The Labute approximate surface area is 142 Å². The van der Waals surface area contributed by atoms with Gasteiger partial charge in [0.1, 0.15) is 5.82 Å². The van der Waals surface area contributed by atoms with Gasteiger partial charge in [0.2, 0.25) is 5.91 Å². The molecule has 0 aliphatic carbocycles. The van der Waals surface area contributed by atoms with Crippen LogP contribution in [0, 0.1) is 11.7 Å². The Morgan fingerprint density at radius 1 is 1.12 bits per heavy atom. The molecule has 2 heterocycles. The third-order valence-electron chi connectivity index (χ3n) is 4.73. The summed E-state index contributed by atoms with van der Waals surface area (Å²) >= 11 is 0. The fourth-order valence-corrected chi connectivity index (χ4v) is 3.28. The Bertz CT molecular complexity index is 649. The number of aryl methyl sites for hydroxylation is 1. The second kappa shape index (κ2) is 8.04. The first-order valence-corrected chi connectivity index (χ1v) is 8.63. The lowest BCUT2D eigenvalue weighted by Crippen LogP contribution is -2.39. The largest absolute Gasteiger partial charge is 0.343 e. The summed E-state index contributed by atoms with van der Waals surface area (Å²) in [6, 6.07) is 12.6. The van der Waals surface area contributed by atoms with E-state index in [0.717, 1.165) is 38.0 Å². The molecule has 2 aromatic rings. The second-order valence-electron chi connectivity index (χ2n) is 6.48. The minimum atomic E-state index is -0.188. The minimum absolute atomic E-state index is 0.188. The summed E-state index contributed by atoms with van der Waals surface area (Å²) in [7, 11) is 0. The lowest BCUT2D eigenvalue weighted by molar-refractivity contribution is -0.132. The van der Waals surface area contributed by atoms with Crippen molar-refractivity contribution in [1.82, 2.24) is 9.88 Å². The van der Waals surface area contributed by atoms with Crippen LogP contribution in [0.2, 0.25) is 0 Å². The third-order valence-corrected chi connectivity index (χ3v) is 4.73. The van der Waals surface area contributed by atoms with E-state index in [4.69, 9.17) is 0 Å². The van der Waals surface area contributed by atoms with Crippen molar-refractivity contribution in [2.45, 2.75) is 32.1 Å². The summed E-state index contributed by atoms with van der Waals surface area (Å²) < 4.78 is 13.0. The highest BCUT2D eigenvalue weighted by atomic mass is 19.1. The number of amides is 1. The standard InChI is InChI=1S/C20H23FN2O/c21-18-6-4-16(5-7-18)15-17-10-13-23(14-11-17)20(24)9-8-19-3-1-2-12-22-19/h1-7,12,17H,8-11,13-15H2. The van der Waals surface area contributed by atoms with Crippen LogP contribution in [-0.2, 0) is 17.6 Å². The fourth-order valence-electron chi connectivity index (χ4n) is 3.28. The quantitative estimate of drug-likeness (QED) is 0.840. The Kier molecular flexibility index (Phi) is 5.57. The summed E-state index contributed by atoms with van der Waals surface area (Å²) in [5.74, 6) is 0.614. The lowest BCUT2D eigenvalue weighted by atomic mass is 9.90. The first-order chi connectivity index (χ1) is 11.7. The third kappa shape index (κ3) is 4.63. The molecule has 0 bridgehead atoms. The van der Waals surface area contributed by atoms with E-state index < -0.39 is 0 Å². The summed E-state index contributed by atoms with van der Waals surface area (Å²) in [4.78, 5) is 18.6. The maximum absolute atomic E-state index is 13.0.